The smallest absolute Gasteiger partial charge is 0.241 e. The minimum atomic E-state index is -0.578. The molecule has 1 aliphatic rings. The van der Waals surface area contributed by atoms with Crippen LogP contribution in [0.1, 0.15) is 26.3 Å². The maximum atomic E-state index is 12.4. The number of likely N-dealkylation sites (N-methyl/N-ethyl adjacent to an activating group) is 1. The Morgan fingerprint density at radius 2 is 1.68 bits per heavy atom. The monoisotopic (exact) mass is 346 g/mol. The van der Waals surface area contributed by atoms with Crippen LogP contribution in [0.4, 0.5) is 5.69 Å². The van der Waals surface area contributed by atoms with Gasteiger partial charge in [0.1, 0.15) is 0 Å². The number of carbonyl (C=O) groups excluding carboxylic acids is 2. The molecule has 1 aliphatic heterocycles. The van der Waals surface area contributed by atoms with Crippen molar-refractivity contribution in [3.8, 4) is 0 Å². The lowest BCUT2D eigenvalue weighted by atomic mass is 9.87. The highest BCUT2D eigenvalue weighted by Crippen LogP contribution is 2.19. The van der Waals surface area contributed by atoms with Gasteiger partial charge >= 0.3 is 0 Å². The van der Waals surface area contributed by atoms with Crippen LogP contribution in [0.5, 0.6) is 0 Å². The van der Waals surface area contributed by atoms with Crippen molar-refractivity contribution >= 4 is 17.5 Å². The van der Waals surface area contributed by atoms with Crippen molar-refractivity contribution in [1.29, 1.82) is 0 Å². The zero-order valence-electron chi connectivity index (χ0n) is 15.7. The van der Waals surface area contributed by atoms with Crippen LogP contribution < -0.4 is 11.1 Å². The Hall–Kier alpha value is -1.92. The molecule has 6 heteroatoms. The number of rotatable bonds is 4. The van der Waals surface area contributed by atoms with Crippen molar-refractivity contribution in [2.24, 2.45) is 11.1 Å². The maximum Gasteiger partial charge on any atom is 0.241 e. The molecule has 1 aromatic rings. The molecule has 0 aliphatic carbocycles. The topological polar surface area (TPSA) is 78.7 Å². The summed E-state index contributed by atoms with van der Waals surface area (Å²) >= 11 is 0. The molecule has 6 nitrogen and oxygen atoms in total. The van der Waals surface area contributed by atoms with E-state index in [-0.39, 0.29) is 17.2 Å². The molecule has 2 rings (SSSR count). The van der Waals surface area contributed by atoms with Crippen molar-refractivity contribution < 1.29 is 9.59 Å². The van der Waals surface area contributed by atoms with Gasteiger partial charge in [-0.3, -0.25) is 9.59 Å². The minimum absolute atomic E-state index is 0.152. The molecule has 0 unspecified atom stereocenters. The third-order valence-corrected chi connectivity index (χ3v) is 4.65. The van der Waals surface area contributed by atoms with Gasteiger partial charge in [-0.15, -0.1) is 0 Å². The van der Waals surface area contributed by atoms with E-state index >= 15 is 0 Å². The quantitative estimate of drug-likeness (QED) is 0.862. The molecule has 0 radical (unpaired) electrons. The molecular formula is C19H30N4O2. The number of anilines is 1. The highest BCUT2D eigenvalue weighted by atomic mass is 16.2. The van der Waals surface area contributed by atoms with Crippen LogP contribution in [0.3, 0.4) is 0 Å². The van der Waals surface area contributed by atoms with Gasteiger partial charge in [-0.2, -0.15) is 0 Å². The van der Waals surface area contributed by atoms with E-state index in [0.29, 0.717) is 12.1 Å². The van der Waals surface area contributed by atoms with Crippen LogP contribution in [-0.4, -0.2) is 60.9 Å². The minimum Gasteiger partial charge on any atom is -0.340 e. The number of nitrogens with zero attached hydrogens (tertiary/aromatic N) is 2. The van der Waals surface area contributed by atoms with E-state index in [0.717, 1.165) is 31.7 Å². The molecule has 1 heterocycles. The molecule has 1 atom stereocenters. The number of benzene rings is 1. The fraction of sp³-hybridized carbons (Fsp3) is 0.579. The summed E-state index contributed by atoms with van der Waals surface area (Å²) in [7, 11) is 2.07. The Kier molecular flexibility index (Phi) is 6.19. The lowest BCUT2D eigenvalue weighted by Crippen LogP contribution is -2.47. The van der Waals surface area contributed by atoms with Crippen LogP contribution in [0, 0.1) is 5.41 Å². The molecule has 2 amide bonds. The van der Waals surface area contributed by atoms with Gasteiger partial charge in [0.25, 0.3) is 0 Å². The van der Waals surface area contributed by atoms with Crippen LogP contribution in [-0.2, 0) is 16.0 Å². The van der Waals surface area contributed by atoms with Gasteiger partial charge in [-0.1, -0.05) is 32.9 Å². The average molecular weight is 346 g/mol. The number of amides is 2. The Labute approximate surface area is 150 Å². The number of piperazine rings is 1. The lowest BCUT2D eigenvalue weighted by molar-refractivity contribution is -0.132. The fourth-order valence-corrected chi connectivity index (χ4v) is 2.66. The first kappa shape index (κ1) is 19.4. The second-order valence-corrected chi connectivity index (χ2v) is 7.89. The van der Waals surface area contributed by atoms with E-state index in [1.807, 2.05) is 49.9 Å². The SMILES string of the molecule is CN1CCN(C(=O)Cc2ccc(NC(=O)[C@@H](N)C(C)(C)C)cc2)CC1. The van der Waals surface area contributed by atoms with Gasteiger partial charge in [0.15, 0.2) is 0 Å². The zero-order valence-corrected chi connectivity index (χ0v) is 15.7. The van der Waals surface area contributed by atoms with Crippen LogP contribution in [0.2, 0.25) is 0 Å². The Morgan fingerprint density at radius 1 is 1.12 bits per heavy atom. The van der Waals surface area contributed by atoms with Crippen molar-refractivity contribution in [3.63, 3.8) is 0 Å². The highest BCUT2D eigenvalue weighted by molar-refractivity contribution is 5.95. The molecule has 1 fully saturated rings. The Bertz CT molecular complexity index is 599. The molecule has 0 bridgehead atoms. The maximum absolute atomic E-state index is 12.4. The predicted molar refractivity (Wildman–Crippen MR) is 100 cm³/mol. The second-order valence-electron chi connectivity index (χ2n) is 7.89. The third-order valence-electron chi connectivity index (χ3n) is 4.65. The number of hydrogen-bond donors (Lipinski definition) is 2. The number of hydrogen-bond acceptors (Lipinski definition) is 4. The van der Waals surface area contributed by atoms with E-state index in [1.165, 1.54) is 0 Å². The Balaban J connectivity index is 1.89. The van der Waals surface area contributed by atoms with Crippen molar-refractivity contribution in [1.82, 2.24) is 9.80 Å². The van der Waals surface area contributed by atoms with E-state index in [2.05, 4.69) is 17.3 Å². The van der Waals surface area contributed by atoms with Crippen LogP contribution >= 0.6 is 0 Å². The largest absolute Gasteiger partial charge is 0.340 e. The first-order valence-corrected chi connectivity index (χ1v) is 8.78. The molecule has 3 N–H and O–H groups in total. The van der Waals surface area contributed by atoms with E-state index < -0.39 is 6.04 Å². The summed E-state index contributed by atoms with van der Waals surface area (Å²) in [6, 6.07) is 6.82. The van der Waals surface area contributed by atoms with E-state index in [4.69, 9.17) is 5.73 Å². The summed E-state index contributed by atoms with van der Waals surface area (Å²) in [5.41, 5.74) is 7.31. The first-order valence-electron chi connectivity index (χ1n) is 8.78. The molecule has 25 heavy (non-hydrogen) atoms. The van der Waals surface area contributed by atoms with Crippen molar-refractivity contribution in [2.45, 2.75) is 33.2 Å². The number of nitrogens with two attached hydrogens (primary N) is 1. The van der Waals surface area contributed by atoms with Crippen LogP contribution in [0.25, 0.3) is 0 Å². The van der Waals surface area contributed by atoms with E-state index in [9.17, 15) is 9.59 Å². The van der Waals surface area contributed by atoms with Gasteiger partial charge in [-0.25, -0.2) is 0 Å². The summed E-state index contributed by atoms with van der Waals surface area (Å²) in [6.45, 7) is 9.22. The van der Waals surface area contributed by atoms with Gasteiger partial charge < -0.3 is 20.9 Å². The lowest BCUT2D eigenvalue weighted by Gasteiger charge is -2.32. The number of carbonyl (C=O) groups is 2. The Morgan fingerprint density at radius 3 is 2.20 bits per heavy atom. The summed E-state index contributed by atoms with van der Waals surface area (Å²) in [5.74, 6) is -0.0478. The fourth-order valence-electron chi connectivity index (χ4n) is 2.66. The molecular weight excluding hydrogens is 316 g/mol. The van der Waals surface area contributed by atoms with Gasteiger partial charge in [0, 0.05) is 31.9 Å². The molecule has 0 saturated carbocycles. The average Bonchev–Trinajstić information content (AvgIpc) is 2.55. The van der Waals surface area contributed by atoms with E-state index in [1.54, 1.807) is 0 Å². The summed E-state index contributed by atoms with van der Waals surface area (Å²) in [6.07, 6.45) is 0.388. The predicted octanol–water partition coefficient (Wildman–Crippen LogP) is 1.31. The molecule has 0 aromatic heterocycles. The van der Waals surface area contributed by atoms with Gasteiger partial charge in [0.2, 0.25) is 11.8 Å². The second kappa shape index (κ2) is 7.97. The summed E-state index contributed by atoms with van der Waals surface area (Å²) in [4.78, 5) is 28.7. The third kappa shape index (κ3) is 5.54. The van der Waals surface area contributed by atoms with Crippen LogP contribution in [0.15, 0.2) is 24.3 Å². The molecule has 138 valence electrons. The highest BCUT2D eigenvalue weighted by Gasteiger charge is 2.27. The zero-order chi connectivity index (χ0) is 18.6. The van der Waals surface area contributed by atoms with Gasteiger partial charge in [0.05, 0.1) is 12.5 Å². The molecule has 0 spiro atoms. The molecule has 1 aromatic carbocycles. The standard InChI is InChI=1S/C19H30N4O2/c1-19(2,3)17(20)18(25)21-15-7-5-14(6-8-15)13-16(24)23-11-9-22(4)10-12-23/h5-8,17H,9-13,20H2,1-4H3,(H,21,25)/t17-/m1/s1. The van der Waals surface area contributed by atoms with Gasteiger partial charge in [-0.05, 0) is 30.2 Å². The summed E-state index contributed by atoms with van der Waals surface area (Å²) in [5, 5.41) is 2.83. The summed E-state index contributed by atoms with van der Waals surface area (Å²) < 4.78 is 0. The first-order chi connectivity index (χ1) is 11.7. The van der Waals surface area contributed by atoms with Crippen molar-refractivity contribution in [2.75, 3.05) is 38.5 Å². The number of nitrogens with one attached hydrogen (secondary N) is 1. The molecule has 1 saturated heterocycles. The van der Waals surface area contributed by atoms with Crippen molar-refractivity contribution in [3.05, 3.63) is 29.8 Å². The normalized spacial score (nSPS) is 17.2.